The number of rotatable bonds is 3. The second kappa shape index (κ2) is 5.39. The van der Waals surface area contributed by atoms with E-state index in [2.05, 4.69) is 15.4 Å². The van der Waals surface area contributed by atoms with Gasteiger partial charge in [-0.25, -0.2) is 4.79 Å². The third kappa shape index (κ3) is 2.49. The summed E-state index contributed by atoms with van der Waals surface area (Å²) in [5.74, 6) is 0.771. The first kappa shape index (κ1) is 15.0. The number of likely N-dealkylation sites (N-methyl/N-ethyl adjacent to an activating group) is 1. The van der Waals surface area contributed by atoms with Gasteiger partial charge in [0.05, 0.1) is 5.69 Å². The maximum atomic E-state index is 12.4. The summed E-state index contributed by atoms with van der Waals surface area (Å²) in [4.78, 5) is 27.6. The summed E-state index contributed by atoms with van der Waals surface area (Å²) in [5.41, 5.74) is 0.103. The number of aromatic nitrogens is 1. The molecule has 120 valence electrons. The summed E-state index contributed by atoms with van der Waals surface area (Å²) in [6.07, 6.45) is 1.94. The van der Waals surface area contributed by atoms with Crippen LogP contribution >= 0.6 is 0 Å². The summed E-state index contributed by atoms with van der Waals surface area (Å²) >= 11 is 0. The Kier molecular flexibility index (Phi) is 3.68. The van der Waals surface area contributed by atoms with Crippen molar-refractivity contribution in [2.24, 2.45) is 5.92 Å². The number of carbonyl (C=O) groups excluding carboxylic acids is 2. The second-order valence-electron chi connectivity index (χ2n) is 6.50. The third-order valence-corrected chi connectivity index (χ3v) is 4.80. The van der Waals surface area contributed by atoms with E-state index in [1.165, 1.54) is 11.9 Å². The molecular formula is C15H22N4O3. The summed E-state index contributed by atoms with van der Waals surface area (Å²) in [6.45, 7) is 6.16. The average molecular weight is 306 g/mol. The Labute approximate surface area is 129 Å². The van der Waals surface area contributed by atoms with Crippen LogP contribution in [0.25, 0.3) is 0 Å². The van der Waals surface area contributed by atoms with Crippen LogP contribution < -0.4 is 5.32 Å². The van der Waals surface area contributed by atoms with Gasteiger partial charge in [0.25, 0.3) is 5.91 Å². The van der Waals surface area contributed by atoms with E-state index in [0.29, 0.717) is 6.54 Å². The van der Waals surface area contributed by atoms with Crippen molar-refractivity contribution in [3.8, 4) is 0 Å². The number of carbonyl (C=O) groups is 2. The molecule has 3 amide bonds. The van der Waals surface area contributed by atoms with Gasteiger partial charge in [-0.05, 0) is 33.2 Å². The highest BCUT2D eigenvalue weighted by molar-refractivity contribution is 6.06. The van der Waals surface area contributed by atoms with Gasteiger partial charge in [-0.3, -0.25) is 14.6 Å². The number of hydrogen-bond acceptors (Lipinski definition) is 5. The molecule has 2 saturated heterocycles. The van der Waals surface area contributed by atoms with Gasteiger partial charge in [-0.1, -0.05) is 5.16 Å². The lowest BCUT2D eigenvalue weighted by atomic mass is 9.80. The number of urea groups is 1. The lowest BCUT2D eigenvalue weighted by Crippen LogP contribution is -2.55. The molecule has 2 unspecified atom stereocenters. The first-order chi connectivity index (χ1) is 10.4. The smallest absolute Gasteiger partial charge is 0.324 e. The highest BCUT2D eigenvalue weighted by atomic mass is 16.5. The second-order valence-corrected chi connectivity index (χ2v) is 6.50. The van der Waals surface area contributed by atoms with E-state index < -0.39 is 5.54 Å². The first-order valence-electron chi connectivity index (χ1n) is 7.65. The van der Waals surface area contributed by atoms with Crippen LogP contribution in [0.15, 0.2) is 10.6 Å². The Hall–Kier alpha value is -1.89. The fraction of sp³-hybridized carbons (Fsp3) is 0.667. The minimum absolute atomic E-state index is 0.107. The van der Waals surface area contributed by atoms with E-state index in [-0.39, 0.29) is 17.9 Å². The highest BCUT2D eigenvalue weighted by Crippen LogP contribution is 2.32. The number of nitrogens with one attached hydrogen (secondary N) is 1. The molecular weight excluding hydrogens is 284 g/mol. The minimum atomic E-state index is -0.801. The van der Waals surface area contributed by atoms with Crippen molar-refractivity contribution < 1.29 is 14.1 Å². The van der Waals surface area contributed by atoms with Gasteiger partial charge in [0, 0.05) is 32.1 Å². The standard InChI is InChI=1S/C15H22N4O3/c1-10-7-12(17-22-10)9-19-6-4-5-11(8-19)15(2)13(20)18(3)14(21)16-15/h7,11H,4-6,8-9H2,1-3H3,(H,16,21). The number of likely N-dealkylation sites (tertiary alicyclic amines) is 1. The molecule has 0 spiro atoms. The molecule has 2 aliphatic rings. The van der Waals surface area contributed by atoms with Crippen molar-refractivity contribution in [2.45, 2.75) is 38.8 Å². The molecule has 3 heterocycles. The van der Waals surface area contributed by atoms with Crippen molar-refractivity contribution in [3.05, 3.63) is 17.5 Å². The van der Waals surface area contributed by atoms with Crippen molar-refractivity contribution >= 4 is 11.9 Å². The van der Waals surface area contributed by atoms with Gasteiger partial charge in [-0.2, -0.15) is 0 Å². The molecule has 2 fully saturated rings. The lowest BCUT2D eigenvalue weighted by molar-refractivity contribution is -0.132. The molecule has 0 saturated carbocycles. The largest absolute Gasteiger partial charge is 0.361 e. The van der Waals surface area contributed by atoms with Crippen LogP contribution in [0.1, 0.15) is 31.2 Å². The SMILES string of the molecule is Cc1cc(CN2CCCC(C3(C)NC(=O)N(C)C3=O)C2)no1. The maximum absolute atomic E-state index is 12.4. The number of amides is 3. The quantitative estimate of drug-likeness (QED) is 0.847. The Morgan fingerprint density at radius 3 is 2.86 bits per heavy atom. The Morgan fingerprint density at radius 2 is 2.27 bits per heavy atom. The van der Waals surface area contributed by atoms with Gasteiger partial charge in [0.15, 0.2) is 0 Å². The monoisotopic (exact) mass is 306 g/mol. The van der Waals surface area contributed by atoms with Crippen LogP contribution in [0, 0.1) is 12.8 Å². The minimum Gasteiger partial charge on any atom is -0.361 e. The zero-order valence-electron chi connectivity index (χ0n) is 13.3. The Balaban J connectivity index is 1.70. The first-order valence-corrected chi connectivity index (χ1v) is 7.65. The molecule has 2 atom stereocenters. The summed E-state index contributed by atoms with van der Waals surface area (Å²) < 4.78 is 5.10. The Bertz CT molecular complexity index is 599. The van der Waals surface area contributed by atoms with Gasteiger partial charge in [0.1, 0.15) is 11.3 Å². The van der Waals surface area contributed by atoms with E-state index in [1.54, 1.807) is 0 Å². The topological polar surface area (TPSA) is 78.7 Å². The van der Waals surface area contributed by atoms with E-state index in [0.717, 1.165) is 37.4 Å². The number of nitrogens with zero attached hydrogens (tertiary/aromatic N) is 3. The molecule has 22 heavy (non-hydrogen) atoms. The average Bonchev–Trinajstić information content (AvgIpc) is 2.98. The molecule has 7 heteroatoms. The molecule has 7 nitrogen and oxygen atoms in total. The molecule has 0 aliphatic carbocycles. The van der Waals surface area contributed by atoms with E-state index in [4.69, 9.17) is 4.52 Å². The number of piperidine rings is 1. The molecule has 1 aromatic heterocycles. The number of hydrogen-bond donors (Lipinski definition) is 1. The molecule has 0 aromatic carbocycles. The van der Waals surface area contributed by atoms with Gasteiger partial charge < -0.3 is 9.84 Å². The fourth-order valence-corrected chi connectivity index (χ4v) is 3.47. The van der Waals surface area contributed by atoms with E-state index in [1.807, 2.05) is 19.9 Å². The van der Waals surface area contributed by atoms with Crippen molar-refractivity contribution in [2.75, 3.05) is 20.1 Å². The van der Waals surface area contributed by atoms with Crippen LogP contribution in [0.4, 0.5) is 4.79 Å². The van der Waals surface area contributed by atoms with Crippen LogP contribution in [-0.2, 0) is 11.3 Å². The number of aryl methyl sites for hydroxylation is 1. The van der Waals surface area contributed by atoms with E-state index >= 15 is 0 Å². The predicted molar refractivity (Wildman–Crippen MR) is 78.9 cm³/mol. The zero-order chi connectivity index (χ0) is 15.9. The van der Waals surface area contributed by atoms with Crippen molar-refractivity contribution in [1.29, 1.82) is 0 Å². The molecule has 1 N–H and O–H groups in total. The molecule has 2 aliphatic heterocycles. The van der Waals surface area contributed by atoms with Crippen molar-refractivity contribution in [3.63, 3.8) is 0 Å². The molecule has 0 radical (unpaired) electrons. The normalized spacial score (nSPS) is 30.0. The van der Waals surface area contributed by atoms with Gasteiger partial charge in [-0.15, -0.1) is 0 Å². The summed E-state index contributed by atoms with van der Waals surface area (Å²) in [6, 6.07) is 1.62. The third-order valence-electron chi connectivity index (χ3n) is 4.80. The lowest BCUT2D eigenvalue weighted by Gasteiger charge is -2.39. The van der Waals surface area contributed by atoms with Crippen LogP contribution in [0.3, 0.4) is 0 Å². The van der Waals surface area contributed by atoms with Crippen molar-refractivity contribution in [1.82, 2.24) is 20.3 Å². The molecule has 3 rings (SSSR count). The summed E-state index contributed by atoms with van der Waals surface area (Å²) in [7, 11) is 1.53. The highest BCUT2D eigenvalue weighted by Gasteiger charge is 2.51. The van der Waals surface area contributed by atoms with Crippen LogP contribution in [0.2, 0.25) is 0 Å². The van der Waals surface area contributed by atoms with Gasteiger partial charge >= 0.3 is 6.03 Å². The predicted octanol–water partition coefficient (Wildman–Crippen LogP) is 1.14. The molecule has 1 aromatic rings. The fourth-order valence-electron chi connectivity index (χ4n) is 3.47. The number of imide groups is 1. The zero-order valence-corrected chi connectivity index (χ0v) is 13.3. The van der Waals surface area contributed by atoms with E-state index in [9.17, 15) is 9.59 Å². The Morgan fingerprint density at radius 1 is 1.50 bits per heavy atom. The van der Waals surface area contributed by atoms with Gasteiger partial charge in [0.2, 0.25) is 0 Å². The van der Waals surface area contributed by atoms with Crippen LogP contribution in [0.5, 0.6) is 0 Å². The maximum Gasteiger partial charge on any atom is 0.324 e. The molecule has 0 bridgehead atoms. The van der Waals surface area contributed by atoms with Crippen LogP contribution in [-0.4, -0.2) is 52.6 Å². The summed E-state index contributed by atoms with van der Waals surface area (Å²) in [5, 5.41) is 6.89.